The molecule has 0 aromatic heterocycles. The van der Waals surface area contributed by atoms with Crippen LogP contribution in [-0.2, 0) is 14.8 Å². The fourth-order valence-electron chi connectivity index (χ4n) is 3.63. The number of carbonyl (C=O) groups is 1. The van der Waals surface area contributed by atoms with Crippen molar-refractivity contribution in [2.75, 3.05) is 18.4 Å². The lowest BCUT2D eigenvalue weighted by atomic mass is 9.95. The van der Waals surface area contributed by atoms with Crippen LogP contribution in [0, 0.1) is 6.92 Å². The van der Waals surface area contributed by atoms with Gasteiger partial charge in [0.15, 0.2) is 0 Å². The van der Waals surface area contributed by atoms with Crippen molar-refractivity contribution in [3.05, 3.63) is 59.7 Å². The minimum Gasteiger partial charge on any atom is -0.325 e. The maximum absolute atomic E-state index is 13.0. The molecule has 1 aliphatic heterocycles. The number of piperidine rings is 1. The molecule has 1 amide bonds. The first kappa shape index (κ1) is 20.6. The number of carbonyl (C=O) groups excluding carboxylic acids is 1. The van der Waals surface area contributed by atoms with E-state index >= 15 is 0 Å². The molecule has 28 heavy (non-hydrogen) atoms. The van der Waals surface area contributed by atoms with Crippen LogP contribution in [-0.4, -0.2) is 31.7 Å². The minimum atomic E-state index is -3.53. The van der Waals surface area contributed by atoms with Gasteiger partial charge in [-0.2, -0.15) is 4.31 Å². The van der Waals surface area contributed by atoms with Crippen LogP contribution in [0.1, 0.15) is 49.7 Å². The molecule has 1 fully saturated rings. The summed E-state index contributed by atoms with van der Waals surface area (Å²) in [6, 6.07) is 14.6. The molecule has 0 unspecified atom stereocenters. The number of nitrogens with zero attached hydrogens (tertiary/aromatic N) is 1. The largest absolute Gasteiger partial charge is 0.325 e. The smallest absolute Gasteiger partial charge is 0.243 e. The van der Waals surface area contributed by atoms with Crippen LogP contribution in [0.5, 0.6) is 0 Å². The highest BCUT2D eigenvalue weighted by Gasteiger charge is 2.27. The lowest BCUT2D eigenvalue weighted by molar-refractivity contribution is -0.117. The predicted octanol–water partition coefficient (Wildman–Crippen LogP) is 4.30. The van der Waals surface area contributed by atoms with Crippen molar-refractivity contribution in [2.24, 2.45) is 0 Å². The second-order valence-electron chi connectivity index (χ2n) is 7.30. The SMILES string of the molecule is CC[C@H](C(=O)Nc1cc(S(=O)(=O)N2CCCCC2)ccc1C)c1ccccc1. The number of anilines is 1. The summed E-state index contributed by atoms with van der Waals surface area (Å²) in [4.78, 5) is 13.1. The highest BCUT2D eigenvalue weighted by molar-refractivity contribution is 7.89. The Morgan fingerprint density at radius 2 is 1.75 bits per heavy atom. The number of aryl methyl sites for hydroxylation is 1. The summed E-state index contributed by atoms with van der Waals surface area (Å²) in [6.07, 6.45) is 3.52. The van der Waals surface area contributed by atoms with Crippen LogP contribution in [0.3, 0.4) is 0 Å². The van der Waals surface area contributed by atoms with Crippen molar-refractivity contribution < 1.29 is 13.2 Å². The molecule has 5 nitrogen and oxygen atoms in total. The lowest BCUT2D eigenvalue weighted by Gasteiger charge is -2.26. The van der Waals surface area contributed by atoms with Crippen molar-refractivity contribution >= 4 is 21.6 Å². The van der Waals surface area contributed by atoms with E-state index in [0.717, 1.165) is 30.4 Å². The monoisotopic (exact) mass is 400 g/mol. The van der Waals surface area contributed by atoms with Gasteiger partial charge in [0.25, 0.3) is 0 Å². The summed E-state index contributed by atoms with van der Waals surface area (Å²) in [5, 5.41) is 2.95. The minimum absolute atomic E-state index is 0.121. The van der Waals surface area contributed by atoms with Gasteiger partial charge < -0.3 is 5.32 Å². The molecule has 150 valence electrons. The number of hydrogen-bond acceptors (Lipinski definition) is 3. The molecule has 1 heterocycles. The molecule has 3 rings (SSSR count). The fraction of sp³-hybridized carbons (Fsp3) is 0.409. The van der Waals surface area contributed by atoms with Crippen LogP contribution in [0.2, 0.25) is 0 Å². The average Bonchev–Trinajstić information content (AvgIpc) is 2.71. The van der Waals surface area contributed by atoms with Crippen LogP contribution in [0.4, 0.5) is 5.69 Å². The van der Waals surface area contributed by atoms with E-state index in [4.69, 9.17) is 0 Å². The summed E-state index contributed by atoms with van der Waals surface area (Å²) in [5.74, 6) is -0.396. The molecule has 6 heteroatoms. The third-order valence-electron chi connectivity index (χ3n) is 5.35. The molecule has 1 aliphatic rings. The van der Waals surface area contributed by atoms with E-state index in [2.05, 4.69) is 5.32 Å². The van der Waals surface area contributed by atoms with E-state index in [1.807, 2.05) is 44.2 Å². The van der Waals surface area contributed by atoms with Gasteiger partial charge in [0.05, 0.1) is 10.8 Å². The van der Waals surface area contributed by atoms with E-state index in [-0.39, 0.29) is 16.7 Å². The number of nitrogens with one attached hydrogen (secondary N) is 1. The van der Waals surface area contributed by atoms with E-state index in [0.29, 0.717) is 25.2 Å². The maximum atomic E-state index is 13.0. The number of sulfonamides is 1. The normalized spacial score (nSPS) is 16.5. The second kappa shape index (κ2) is 8.88. The first-order chi connectivity index (χ1) is 13.4. The molecular formula is C22H28N2O3S. The highest BCUT2D eigenvalue weighted by Crippen LogP contribution is 2.27. The number of hydrogen-bond donors (Lipinski definition) is 1. The maximum Gasteiger partial charge on any atom is 0.243 e. The van der Waals surface area contributed by atoms with Gasteiger partial charge in [-0.3, -0.25) is 4.79 Å². The first-order valence-corrected chi connectivity index (χ1v) is 11.3. The molecule has 0 radical (unpaired) electrons. The van der Waals surface area contributed by atoms with Gasteiger partial charge >= 0.3 is 0 Å². The highest BCUT2D eigenvalue weighted by atomic mass is 32.2. The standard InChI is InChI=1S/C22H28N2O3S/c1-3-20(18-10-6-4-7-11-18)22(25)23-21-16-19(13-12-17(21)2)28(26,27)24-14-8-5-9-15-24/h4,6-7,10-13,16,20H,3,5,8-9,14-15H2,1-2H3,(H,23,25)/t20-/m0/s1. The molecule has 1 saturated heterocycles. The molecule has 2 aromatic carbocycles. The van der Waals surface area contributed by atoms with E-state index in [9.17, 15) is 13.2 Å². The quantitative estimate of drug-likeness (QED) is 0.786. The Morgan fingerprint density at radius 3 is 2.39 bits per heavy atom. The molecule has 0 saturated carbocycles. The zero-order valence-corrected chi connectivity index (χ0v) is 17.3. The lowest BCUT2D eigenvalue weighted by Crippen LogP contribution is -2.35. The third-order valence-corrected chi connectivity index (χ3v) is 7.24. The number of rotatable bonds is 6. The number of benzene rings is 2. The summed E-state index contributed by atoms with van der Waals surface area (Å²) < 4.78 is 27.5. The molecule has 1 atom stereocenters. The van der Waals surface area contributed by atoms with E-state index < -0.39 is 10.0 Å². The molecular weight excluding hydrogens is 372 g/mol. The molecule has 2 aromatic rings. The van der Waals surface area contributed by atoms with Crippen LogP contribution in [0.25, 0.3) is 0 Å². The summed E-state index contributed by atoms with van der Waals surface area (Å²) in [6.45, 7) is 4.96. The van der Waals surface area contributed by atoms with Crippen molar-refractivity contribution in [1.82, 2.24) is 4.31 Å². The van der Waals surface area contributed by atoms with Crippen LogP contribution >= 0.6 is 0 Å². The van der Waals surface area contributed by atoms with Gasteiger partial charge in [0, 0.05) is 18.8 Å². The second-order valence-corrected chi connectivity index (χ2v) is 9.24. The predicted molar refractivity (Wildman–Crippen MR) is 112 cm³/mol. The van der Waals surface area contributed by atoms with Gasteiger partial charge in [0.2, 0.25) is 15.9 Å². The molecule has 0 aliphatic carbocycles. The Morgan fingerprint density at radius 1 is 1.07 bits per heavy atom. The summed E-state index contributed by atoms with van der Waals surface area (Å²) in [7, 11) is -3.53. The van der Waals surface area contributed by atoms with Crippen molar-refractivity contribution in [2.45, 2.75) is 50.3 Å². The number of amides is 1. The van der Waals surface area contributed by atoms with Crippen LogP contribution in [0.15, 0.2) is 53.4 Å². The Balaban J connectivity index is 1.84. The summed E-state index contributed by atoms with van der Waals surface area (Å²) >= 11 is 0. The van der Waals surface area contributed by atoms with Gasteiger partial charge in [-0.05, 0) is 49.4 Å². The third kappa shape index (κ3) is 4.45. The molecule has 1 N–H and O–H groups in total. The Kier molecular flexibility index (Phi) is 6.52. The summed E-state index contributed by atoms with van der Waals surface area (Å²) in [5.41, 5.74) is 2.35. The van der Waals surface area contributed by atoms with E-state index in [1.54, 1.807) is 22.5 Å². The van der Waals surface area contributed by atoms with Gasteiger partial charge in [-0.1, -0.05) is 49.7 Å². The first-order valence-electron chi connectivity index (χ1n) is 9.90. The zero-order valence-electron chi connectivity index (χ0n) is 16.5. The van der Waals surface area contributed by atoms with Gasteiger partial charge in [0.1, 0.15) is 0 Å². The van der Waals surface area contributed by atoms with Crippen molar-refractivity contribution in [1.29, 1.82) is 0 Å². The Bertz CT molecular complexity index is 920. The van der Waals surface area contributed by atoms with Gasteiger partial charge in [-0.15, -0.1) is 0 Å². The molecule has 0 bridgehead atoms. The topological polar surface area (TPSA) is 66.5 Å². The Labute approximate surface area is 167 Å². The van der Waals surface area contributed by atoms with Crippen LogP contribution < -0.4 is 5.32 Å². The van der Waals surface area contributed by atoms with Gasteiger partial charge in [-0.25, -0.2) is 8.42 Å². The molecule has 0 spiro atoms. The fourth-order valence-corrected chi connectivity index (χ4v) is 5.17. The van der Waals surface area contributed by atoms with E-state index in [1.165, 1.54) is 0 Å². The van der Waals surface area contributed by atoms with Crippen molar-refractivity contribution in [3.63, 3.8) is 0 Å². The van der Waals surface area contributed by atoms with Crippen molar-refractivity contribution in [3.8, 4) is 0 Å². The zero-order chi connectivity index (χ0) is 20.1. The average molecular weight is 401 g/mol. The Hall–Kier alpha value is -2.18.